The molecule has 4 heteroatoms. The third-order valence-electron chi connectivity index (χ3n) is 3.39. The first-order valence-electron chi connectivity index (χ1n) is 7.17. The van der Waals surface area contributed by atoms with E-state index in [4.69, 9.17) is 11.6 Å². The van der Waals surface area contributed by atoms with Gasteiger partial charge >= 0.3 is 0 Å². The van der Waals surface area contributed by atoms with Gasteiger partial charge in [0.25, 0.3) is 0 Å². The molecule has 0 bridgehead atoms. The second-order valence-electron chi connectivity index (χ2n) is 5.08. The van der Waals surface area contributed by atoms with E-state index < -0.39 is 0 Å². The van der Waals surface area contributed by atoms with Crippen molar-refractivity contribution in [3.8, 4) is 0 Å². The first-order chi connectivity index (χ1) is 10.8. The van der Waals surface area contributed by atoms with Gasteiger partial charge in [0.1, 0.15) is 5.82 Å². The van der Waals surface area contributed by atoms with E-state index in [0.29, 0.717) is 0 Å². The molecule has 0 aliphatic heterocycles. The zero-order chi connectivity index (χ0) is 15.2. The zero-order valence-corrected chi connectivity index (χ0v) is 13.7. The molecule has 112 valence electrons. The van der Waals surface area contributed by atoms with Gasteiger partial charge in [-0.1, -0.05) is 54.1 Å². The number of rotatable bonds is 6. The Morgan fingerprint density at radius 2 is 1.77 bits per heavy atom. The van der Waals surface area contributed by atoms with Crippen molar-refractivity contribution >= 4 is 23.4 Å². The van der Waals surface area contributed by atoms with Crippen LogP contribution in [0.15, 0.2) is 67.0 Å². The predicted octanol–water partition coefficient (Wildman–Crippen LogP) is 5.02. The predicted molar refractivity (Wildman–Crippen MR) is 94.2 cm³/mol. The smallest absolute Gasteiger partial charge is 0.118 e. The average molecular weight is 329 g/mol. The summed E-state index contributed by atoms with van der Waals surface area (Å²) < 4.78 is 2.21. The number of aromatic nitrogens is 2. The summed E-state index contributed by atoms with van der Waals surface area (Å²) in [5, 5.41) is 0.795. The molecule has 0 fully saturated rings. The molecule has 0 aliphatic carbocycles. The third kappa shape index (κ3) is 4.15. The highest BCUT2D eigenvalue weighted by Crippen LogP contribution is 2.20. The summed E-state index contributed by atoms with van der Waals surface area (Å²) in [4.78, 5) is 4.48. The highest BCUT2D eigenvalue weighted by Gasteiger charge is 2.04. The van der Waals surface area contributed by atoms with Gasteiger partial charge in [-0.25, -0.2) is 4.98 Å². The minimum atomic E-state index is 0.795. The van der Waals surface area contributed by atoms with Crippen LogP contribution in [0.2, 0.25) is 5.02 Å². The van der Waals surface area contributed by atoms with Crippen LogP contribution >= 0.6 is 23.4 Å². The van der Waals surface area contributed by atoms with Gasteiger partial charge < -0.3 is 4.57 Å². The molecule has 0 amide bonds. The average Bonchev–Trinajstić information content (AvgIpc) is 2.96. The molecule has 1 aromatic heterocycles. The van der Waals surface area contributed by atoms with E-state index in [1.54, 1.807) is 0 Å². The number of hydrogen-bond donors (Lipinski definition) is 0. The summed E-state index contributed by atoms with van der Waals surface area (Å²) in [6.07, 6.45) is 3.92. The number of nitrogens with zero attached hydrogens (tertiary/aromatic N) is 2. The Morgan fingerprint density at radius 3 is 2.59 bits per heavy atom. The lowest BCUT2D eigenvalue weighted by atomic mass is 10.2. The molecule has 0 saturated heterocycles. The van der Waals surface area contributed by atoms with E-state index in [1.807, 2.05) is 48.4 Å². The molecule has 0 saturated carbocycles. The van der Waals surface area contributed by atoms with Crippen LogP contribution in [-0.2, 0) is 18.1 Å². The van der Waals surface area contributed by atoms with Crippen LogP contribution < -0.4 is 0 Å². The van der Waals surface area contributed by atoms with Crippen molar-refractivity contribution in [3.63, 3.8) is 0 Å². The number of benzene rings is 2. The molecule has 2 aromatic carbocycles. The quantitative estimate of drug-likeness (QED) is 0.632. The Morgan fingerprint density at radius 1 is 0.955 bits per heavy atom. The van der Waals surface area contributed by atoms with Crippen LogP contribution in [0.5, 0.6) is 0 Å². The molecule has 0 N–H and O–H groups in total. The van der Waals surface area contributed by atoms with Crippen LogP contribution in [-0.4, -0.2) is 9.55 Å². The van der Waals surface area contributed by atoms with Crippen molar-refractivity contribution in [1.29, 1.82) is 0 Å². The summed E-state index contributed by atoms with van der Waals surface area (Å²) in [5.41, 5.74) is 2.54. The van der Waals surface area contributed by atoms with Crippen LogP contribution in [0.3, 0.4) is 0 Å². The van der Waals surface area contributed by atoms with Gasteiger partial charge in [0.15, 0.2) is 0 Å². The maximum Gasteiger partial charge on any atom is 0.118 e. The molecule has 0 unspecified atom stereocenters. The number of halogens is 1. The fourth-order valence-corrected chi connectivity index (χ4v) is 3.44. The van der Waals surface area contributed by atoms with Crippen LogP contribution in [0.1, 0.15) is 17.0 Å². The summed E-state index contributed by atoms with van der Waals surface area (Å²) >= 11 is 7.87. The molecular formula is C18H17ClN2S. The van der Waals surface area contributed by atoms with Crippen LogP contribution in [0, 0.1) is 0 Å². The Balaban J connectivity index is 1.58. The van der Waals surface area contributed by atoms with Gasteiger partial charge in [-0.2, -0.15) is 0 Å². The minimum Gasteiger partial charge on any atom is -0.330 e. The van der Waals surface area contributed by atoms with Crippen molar-refractivity contribution in [2.45, 2.75) is 18.1 Å². The highest BCUT2D eigenvalue weighted by atomic mass is 35.5. The lowest BCUT2D eigenvalue weighted by molar-refractivity contribution is 0.756. The molecule has 0 radical (unpaired) electrons. The van der Waals surface area contributed by atoms with E-state index in [1.165, 1.54) is 11.1 Å². The zero-order valence-electron chi connectivity index (χ0n) is 12.2. The highest BCUT2D eigenvalue weighted by molar-refractivity contribution is 7.97. The lowest BCUT2D eigenvalue weighted by Gasteiger charge is -2.08. The molecule has 2 nitrogen and oxygen atoms in total. The summed E-state index contributed by atoms with van der Waals surface area (Å²) in [7, 11) is 0. The molecule has 1 heterocycles. The minimum absolute atomic E-state index is 0.795. The monoisotopic (exact) mass is 328 g/mol. The Labute approximate surface area is 140 Å². The first-order valence-corrected chi connectivity index (χ1v) is 8.70. The standard InChI is InChI=1S/C18H17ClN2S/c19-17-8-4-7-16(11-17)13-22-14-18-20-9-10-21(18)12-15-5-2-1-3-6-15/h1-11H,12-14H2. The van der Waals surface area contributed by atoms with Gasteiger partial charge in [0.2, 0.25) is 0 Å². The van der Waals surface area contributed by atoms with Gasteiger partial charge in [0.05, 0.1) is 5.75 Å². The third-order valence-corrected chi connectivity index (χ3v) is 4.62. The molecule has 3 rings (SSSR count). The van der Waals surface area contributed by atoms with Gasteiger partial charge in [0, 0.05) is 29.7 Å². The van der Waals surface area contributed by atoms with E-state index in [2.05, 4.69) is 39.9 Å². The normalized spacial score (nSPS) is 10.8. The molecule has 22 heavy (non-hydrogen) atoms. The Bertz CT molecular complexity index is 725. The van der Waals surface area contributed by atoms with Crippen molar-refractivity contribution in [3.05, 3.63) is 89.0 Å². The molecule has 0 spiro atoms. The molecule has 0 atom stereocenters. The van der Waals surface area contributed by atoms with Crippen molar-refractivity contribution in [2.75, 3.05) is 0 Å². The van der Waals surface area contributed by atoms with Crippen molar-refractivity contribution < 1.29 is 0 Å². The maximum atomic E-state index is 6.01. The summed E-state index contributed by atoms with van der Waals surface area (Å²) in [5.74, 6) is 2.95. The van der Waals surface area contributed by atoms with Gasteiger partial charge in [-0.3, -0.25) is 0 Å². The van der Waals surface area contributed by atoms with E-state index in [-0.39, 0.29) is 0 Å². The molecule has 3 aromatic rings. The largest absolute Gasteiger partial charge is 0.330 e. The second-order valence-corrected chi connectivity index (χ2v) is 6.50. The molecular weight excluding hydrogens is 312 g/mol. The Hall–Kier alpha value is -1.71. The van der Waals surface area contributed by atoms with Crippen molar-refractivity contribution in [1.82, 2.24) is 9.55 Å². The fourth-order valence-electron chi connectivity index (χ4n) is 2.29. The molecule has 0 aliphatic rings. The first kappa shape index (κ1) is 15.2. The lowest BCUT2D eigenvalue weighted by Crippen LogP contribution is -2.03. The summed E-state index contributed by atoms with van der Waals surface area (Å²) in [6, 6.07) is 18.5. The van der Waals surface area contributed by atoms with Gasteiger partial charge in [-0.15, -0.1) is 11.8 Å². The SMILES string of the molecule is Clc1cccc(CSCc2nccn2Cc2ccccc2)c1. The van der Waals surface area contributed by atoms with E-state index in [0.717, 1.165) is 28.9 Å². The second kappa shape index (κ2) is 7.52. The van der Waals surface area contributed by atoms with Crippen LogP contribution in [0.25, 0.3) is 0 Å². The fraction of sp³-hybridized carbons (Fsp3) is 0.167. The summed E-state index contributed by atoms with van der Waals surface area (Å²) in [6.45, 7) is 0.869. The Kier molecular flexibility index (Phi) is 5.20. The number of thioether (sulfide) groups is 1. The van der Waals surface area contributed by atoms with Gasteiger partial charge in [-0.05, 0) is 23.3 Å². The maximum absolute atomic E-state index is 6.01. The van der Waals surface area contributed by atoms with Crippen LogP contribution in [0.4, 0.5) is 0 Å². The van der Waals surface area contributed by atoms with E-state index >= 15 is 0 Å². The van der Waals surface area contributed by atoms with E-state index in [9.17, 15) is 0 Å². The number of hydrogen-bond acceptors (Lipinski definition) is 2. The van der Waals surface area contributed by atoms with Crippen molar-refractivity contribution in [2.24, 2.45) is 0 Å². The topological polar surface area (TPSA) is 17.8 Å². The number of imidazole rings is 1.